The van der Waals surface area contributed by atoms with Crippen LogP contribution in [0.4, 0.5) is 5.69 Å². The van der Waals surface area contributed by atoms with Crippen molar-refractivity contribution < 1.29 is 4.74 Å². The molecule has 1 aliphatic rings. The van der Waals surface area contributed by atoms with Crippen LogP contribution in [0.15, 0.2) is 29.8 Å². The van der Waals surface area contributed by atoms with Crippen molar-refractivity contribution in [1.82, 2.24) is 0 Å². The molecule has 0 radical (unpaired) electrons. The van der Waals surface area contributed by atoms with Crippen molar-refractivity contribution in [3.63, 3.8) is 0 Å². The molecule has 1 aliphatic heterocycles. The Morgan fingerprint density at radius 1 is 1.29 bits per heavy atom. The van der Waals surface area contributed by atoms with E-state index in [-0.39, 0.29) is 11.5 Å². The van der Waals surface area contributed by atoms with Crippen molar-refractivity contribution in [3.05, 3.63) is 35.4 Å². The second-order valence-electron chi connectivity index (χ2n) is 6.86. The van der Waals surface area contributed by atoms with Crippen LogP contribution in [0.1, 0.15) is 45.7 Å². The van der Waals surface area contributed by atoms with Gasteiger partial charge >= 0.3 is 0 Å². The molecule has 0 aliphatic carbocycles. The van der Waals surface area contributed by atoms with E-state index in [4.69, 9.17) is 10.5 Å². The summed E-state index contributed by atoms with van der Waals surface area (Å²) in [7, 11) is 1.71. The summed E-state index contributed by atoms with van der Waals surface area (Å²) in [6, 6.07) is 6.15. The van der Waals surface area contributed by atoms with E-state index in [1.807, 2.05) is 19.1 Å². The van der Waals surface area contributed by atoms with Gasteiger partial charge in [0, 0.05) is 30.4 Å². The number of rotatable bonds is 3. The van der Waals surface area contributed by atoms with Gasteiger partial charge < -0.3 is 15.4 Å². The van der Waals surface area contributed by atoms with Crippen molar-refractivity contribution >= 4 is 5.69 Å². The van der Waals surface area contributed by atoms with Crippen LogP contribution in [0, 0.1) is 5.41 Å². The van der Waals surface area contributed by atoms with Crippen LogP contribution in [0.3, 0.4) is 0 Å². The molecule has 0 unspecified atom stereocenters. The predicted octanol–water partition coefficient (Wildman–Crippen LogP) is 3.90. The molecule has 2 N–H and O–H groups in total. The van der Waals surface area contributed by atoms with E-state index in [2.05, 4.69) is 37.8 Å². The molecule has 3 nitrogen and oxygen atoms in total. The van der Waals surface area contributed by atoms with Crippen LogP contribution in [0.2, 0.25) is 0 Å². The second kappa shape index (κ2) is 6.10. The SMILES string of the molecule is COc1cccc(N2CC=C(C(C)(C)C)CC2)c1[C@H](C)N. The van der Waals surface area contributed by atoms with Crippen LogP contribution in [-0.2, 0) is 0 Å². The fraction of sp³-hybridized carbons (Fsp3) is 0.556. The molecule has 0 saturated heterocycles. The maximum Gasteiger partial charge on any atom is 0.125 e. The number of nitrogens with two attached hydrogens (primary N) is 1. The molecule has 1 aromatic rings. The van der Waals surface area contributed by atoms with Gasteiger partial charge in [0.05, 0.1) is 7.11 Å². The van der Waals surface area contributed by atoms with Crippen molar-refractivity contribution in [3.8, 4) is 5.75 Å². The van der Waals surface area contributed by atoms with Crippen molar-refractivity contribution in [2.75, 3.05) is 25.1 Å². The van der Waals surface area contributed by atoms with Gasteiger partial charge in [-0.25, -0.2) is 0 Å². The van der Waals surface area contributed by atoms with Crippen LogP contribution < -0.4 is 15.4 Å². The van der Waals surface area contributed by atoms with Gasteiger partial charge in [-0.1, -0.05) is 38.5 Å². The Hall–Kier alpha value is -1.48. The maximum absolute atomic E-state index is 6.17. The highest BCUT2D eigenvalue weighted by atomic mass is 16.5. The minimum absolute atomic E-state index is 0.0378. The van der Waals surface area contributed by atoms with E-state index in [1.54, 1.807) is 12.7 Å². The summed E-state index contributed by atoms with van der Waals surface area (Å²) in [5.41, 5.74) is 10.3. The predicted molar refractivity (Wildman–Crippen MR) is 90.0 cm³/mol. The van der Waals surface area contributed by atoms with Crippen LogP contribution in [-0.4, -0.2) is 20.2 Å². The van der Waals surface area contributed by atoms with Gasteiger partial charge in [0.15, 0.2) is 0 Å². The smallest absolute Gasteiger partial charge is 0.125 e. The average molecular weight is 288 g/mol. The third-order valence-corrected chi connectivity index (χ3v) is 4.23. The molecule has 116 valence electrons. The van der Waals surface area contributed by atoms with Gasteiger partial charge in [-0.05, 0) is 30.9 Å². The van der Waals surface area contributed by atoms with E-state index >= 15 is 0 Å². The zero-order valence-electron chi connectivity index (χ0n) is 13.9. The monoisotopic (exact) mass is 288 g/mol. The average Bonchev–Trinajstić information content (AvgIpc) is 2.45. The van der Waals surface area contributed by atoms with Crippen molar-refractivity contribution in [2.24, 2.45) is 11.1 Å². The highest BCUT2D eigenvalue weighted by Gasteiger charge is 2.24. The summed E-state index contributed by atoms with van der Waals surface area (Å²) >= 11 is 0. The number of ether oxygens (including phenoxy) is 1. The van der Waals surface area contributed by atoms with E-state index in [9.17, 15) is 0 Å². The molecule has 0 saturated carbocycles. The minimum atomic E-state index is -0.0378. The highest BCUT2D eigenvalue weighted by Crippen LogP contribution is 2.36. The van der Waals surface area contributed by atoms with Gasteiger partial charge in [0.25, 0.3) is 0 Å². The Balaban J connectivity index is 2.31. The fourth-order valence-electron chi connectivity index (χ4n) is 3.01. The quantitative estimate of drug-likeness (QED) is 0.857. The van der Waals surface area contributed by atoms with Crippen LogP contribution in [0.25, 0.3) is 0 Å². The Labute approximate surface area is 128 Å². The summed E-state index contributed by atoms with van der Waals surface area (Å²) in [5, 5.41) is 0. The van der Waals surface area contributed by atoms with Gasteiger partial charge in [-0.3, -0.25) is 0 Å². The Bertz CT molecular complexity index is 527. The second-order valence-corrected chi connectivity index (χ2v) is 6.86. The molecule has 1 aromatic carbocycles. The molecule has 3 heteroatoms. The molecule has 0 bridgehead atoms. The first kappa shape index (κ1) is 15.9. The summed E-state index contributed by atoms with van der Waals surface area (Å²) in [5.74, 6) is 0.882. The van der Waals surface area contributed by atoms with E-state index in [0.717, 1.165) is 30.8 Å². The molecular weight excluding hydrogens is 260 g/mol. The molecule has 0 fully saturated rings. The van der Waals surface area contributed by atoms with Crippen LogP contribution in [0.5, 0.6) is 5.75 Å². The Morgan fingerprint density at radius 2 is 2.00 bits per heavy atom. The third kappa shape index (κ3) is 3.41. The zero-order chi connectivity index (χ0) is 15.6. The molecular formula is C18H28N2O. The number of anilines is 1. The lowest BCUT2D eigenvalue weighted by atomic mass is 9.83. The molecule has 1 heterocycles. The number of hydrogen-bond donors (Lipinski definition) is 1. The summed E-state index contributed by atoms with van der Waals surface area (Å²) in [6.45, 7) is 10.9. The lowest BCUT2D eigenvalue weighted by Gasteiger charge is -2.35. The Kier molecular flexibility index (Phi) is 4.62. The minimum Gasteiger partial charge on any atom is -0.496 e. The lowest BCUT2D eigenvalue weighted by molar-refractivity contribution is 0.406. The molecule has 1 atom stereocenters. The largest absolute Gasteiger partial charge is 0.496 e. The third-order valence-electron chi connectivity index (χ3n) is 4.23. The number of methoxy groups -OCH3 is 1. The first-order valence-corrected chi connectivity index (χ1v) is 7.71. The highest BCUT2D eigenvalue weighted by molar-refractivity contribution is 5.61. The number of benzene rings is 1. The summed E-state index contributed by atoms with van der Waals surface area (Å²) < 4.78 is 5.49. The normalized spacial score (nSPS) is 17.4. The van der Waals surface area contributed by atoms with E-state index < -0.39 is 0 Å². The van der Waals surface area contributed by atoms with Gasteiger partial charge in [-0.2, -0.15) is 0 Å². The first-order chi connectivity index (χ1) is 9.84. The van der Waals surface area contributed by atoms with Gasteiger partial charge in [0.2, 0.25) is 0 Å². The van der Waals surface area contributed by atoms with Crippen LogP contribution >= 0.6 is 0 Å². The molecule has 0 aromatic heterocycles. The standard InChI is InChI=1S/C18H28N2O/c1-13(19)17-15(7-6-8-16(17)21-5)20-11-9-14(10-12-20)18(2,3)4/h6-9,13H,10-12,19H2,1-5H3/t13-/m0/s1. The van der Waals surface area contributed by atoms with Crippen molar-refractivity contribution in [1.29, 1.82) is 0 Å². The number of nitrogens with zero attached hydrogens (tertiary/aromatic N) is 1. The van der Waals surface area contributed by atoms with E-state index in [1.165, 1.54) is 5.69 Å². The zero-order valence-corrected chi connectivity index (χ0v) is 13.9. The summed E-state index contributed by atoms with van der Waals surface area (Å²) in [4.78, 5) is 2.40. The molecule has 0 amide bonds. The van der Waals surface area contributed by atoms with E-state index in [0.29, 0.717) is 0 Å². The molecule has 2 rings (SSSR count). The van der Waals surface area contributed by atoms with Crippen molar-refractivity contribution in [2.45, 2.75) is 40.2 Å². The Morgan fingerprint density at radius 3 is 2.48 bits per heavy atom. The lowest BCUT2D eigenvalue weighted by Crippen LogP contribution is -2.32. The topological polar surface area (TPSA) is 38.5 Å². The molecule has 0 spiro atoms. The molecule has 21 heavy (non-hydrogen) atoms. The number of hydrogen-bond acceptors (Lipinski definition) is 3. The first-order valence-electron chi connectivity index (χ1n) is 7.71. The van der Waals surface area contributed by atoms with Gasteiger partial charge in [0.1, 0.15) is 5.75 Å². The van der Waals surface area contributed by atoms with Gasteiger partial charge in [-0.15, -0.1) is 0 Å². The fourth-order valence-corrected chi connectivity index (χ4v) is 3.01. The summed E-state index contributed by atoms with van der Waals surface area (Å²) in [6.07, 6.45) is 3.48. The maximum atomic E-state index is 6.17.